The average molecular weight is 288 g/mol. The molecule has 2 rings (SSSR count). The number of benzene rings is 1. The van der Waals surface area contributed by atoms with Gasteiger partial charge in [0.2, 0.25) is 5.43 Å². The van der Waals surface area contributed by atoms with E-state index in [0.29, 0.717) is 12.3 Å². The normalized spacial score (nSPS) is 10.4. The summed E-state index contributed by atoms with van der Waals surface area (Å²) in [5.41, 5.74) is 1.03. The first kappa shape index (κ1) is 14.8. The maximum absolute atomic E-state index is 11.7. The van der Waals surface area contributed by atoms with E-state index in [0.717, 1.165) is 11.4 Å². The fourth-order valence-electron chi connectivity index (χ4n) is 1.96. The third-order valence-corrected chi connectivity index (χ3v) is 2.89. The van der Waals surface area contributed by atoms with Crippen LogP contribution in [-0.4, -0.2) is 27.5 Å². The molecule has 0 fully saturated rings. The van der Waals surface area contributed by atoms with E-state index >= 15 is 0 Å². The lowest BCUT2D eigenvalue weighted by Gasteiger charge is -2.11. The third-order valence-electron chi connectivity index (χ3n) is 2.89. The van der Waals surface area contributed by atoms with E-state index in [4.69, 9.17) is 9.84 Å². The zero-order valence-corrected chi connectivity index (χ0v) is 11.9. The highest BCUT2D eigenvalue weighted by Crippen LogP contribution is 2.15. The molecule has 0 unspecified atom stereocenters. The number of carbonyl (C=O) groups is 1. The minimum atomic E-state index is -1.08. The SMILES string of the molecule is CCOc1ccc(-n2nc(CC(=O)O)c(=O)cc2C)cc1. The smallest absolute Gasteiger partial charge is 0.309 e. The van der Waals surface area contributed by atoms with Crippen molar-refractivity contribution in [3.63, 3.8) is 0 Å². The van der Waals surface area contributed by atoms with Gasteiger partial charge in [0.15, 0.2) is 0 Å². The second-order valence-corrected chi connectivity index (χ2v) is 4.51. The van der Waals surface area contributed by atoms with Crippen LogP contribution in [0, 0.1) is 6.92 Å². The van der Waals surface area contributed by atoms with Gasteiger partial charge in [-0.25, -0.2) is 4.68 Å². The van der Waals surface area contributed by atoms with Gasteiger partial charge in [-0.15, -0.1) is 0 Å². The summed E-state index contributed by atoms with van der Waals surface area (Å²) < 4.78 is 6.92. The van der Waals surface area contributed by atoms with Gasteiger partial charge in [0.05, 0.1) is 18.7 Å². The lowest BCUT2D eigenvalue weighted by Crippen LogP contribution is -2.21. The van der Waals surface area contributed by atoms with Crippen LogP contribution in [0.5, 0.6) is 5.75 Å². The summed E-state index contributed by atoms with van der Waals surface area (Å²) >= 11 is 0. The molecule has 6 nitrogen and oxygen atoms in total. The molecular weight excluding hydrogens is 272 g/mol. The van der Waals surface area contributed by atoms with Crippen molar-refractivity contribution < 1.29 is 14.6 Å². The van der Waals surface area contributed by atoms with Crippen molar-refractivity contribution in [2.75, 3.05) is 6.61 Å². The molecule has 21 heavy (non-hydrogen) atoms. The molecule has 0 aliphatic carbocycles. The highest BCUT2D eigenvalue weighted by atomic mass is 16.5. The first-order valence-corrected chi connectivity index (χ1v) is 6.56. The van der Waals surface area contributed by atoms with Crippen LogP contribution in [0.4, 0.5) is 0 Å². The second kappa shape index (κ2) is 6.21. The molecular formula is C15H16N2O4. The van der Waals surface area contributed by atoms with Crippen molar-refractivity contribution in [3.05, 3.63) is 51.9 Å². The molecule has 0 aliphatic rings. The van der Waals surface area contributed by atoms with Gasteiger partial charge in [-0.2, -0.15) is 5.10 Å². The third kappa shape index (κ3) is 3.47. The molecule has 6 heteroatoms. The van der Waals surface area contributed by atoms with Crippen LogP contribution in [0.2, 0.25) is 0 Å². The highest BCUT2D eigenvalue weighted by Gasteiger charge is 2.11. The fourth-order valence-corrected chi connectivity index (χ4v) is 1.96. The van der Waals surface area contributed by atoms with E-state index in [1.807, 2.05) is 6.92 Å². The van der Waals surface area contributed by atoms with Gasteiger partial charge in [-0.05, 0) is 38.1 Å². The Balaban J connectivity index is 2.42. The number of rotatable bonds is 5. The van der Waals surface area contributed by atoms with Gasteiger partial charge in [-0.3, -0.25) is 9.59 Å². The van der Waals surface area contributed by atoms with Crippen LogP contribution in [-0.2, 0) is 11.2 Å². The molecule has 1 heterocycles. The summed E-state index contributed by atoms with van der Waals surface area (Å²) in [5, 5.41) is 13.0. The van der Waals surface area contributed by atoms with Crippen LogP contribution in [0.1, 0.15) is 18.3 Å². The lowest BCUT2D eigenvalue weighted by atomic mass is 10.2. The number of aromatic nitrogens is 2. The first-order chi connectivity index (χ1) is 10.0. The predicted octanol–water partition coefficient (Wildman–Crippen LogP) is 1.57. The number of hydrogen-bond acceptors (Lipinski definition) is 4. The van der Waals surface area contributed by atoms with Crippen molar-refractivity contribution in [1.29, 1.82) is 0 Å². The first-order valence-electron chi connectivity index (χ1n) is 6.56. The molecule has 110 valence electrons. The predicted molar refractivity (Wildman–Crippen MR) is 77.1 cm³/mol. The maximum Gasteiger partial charge on any atom is 0.309 e. The van der Waals surface area contributed by atoms with Gasteiger partial charge in [-0.1, -0.05) is 0 Å². The Morgan fingerprint density at radius 1 is 1.33 bits per heavy atom. The Labute approximate surface area is 121 Å². The summed E-state index contributed by atoms with van der Waals surface area (Å²) in [7, 11) is 0. The molecule has 1 aromatic heterocycles. The Hall–Kier alpha value is -2.63. The monoisotopic (exact) mass is 288 g/mol. The molecule has 0 bridgehead atoms. The second-order valence-electron chi connectivity index (χ2n) is 4.51. The summed E-state index contributed by atoms with van der Waals surface area (Å²) in [6.45, 7) is 4.23. The Bertz CT molecular complexity index is 705. The lowest BCUT2D eigenvalue weighted by molar-refractivity contribution is -0.136. The Morgan fingerprint density at radius 3 is 2.57 bits per heavy atom. The zero-order valence-electron chi connectivity index (χ0n) is 11.9. The maximum atomic E-state index is 11.7. The number of ether oxygens (including phenoxy) is 1. The van der Waals surface area contributed by atoms with E-state index in [9.17, 15) is 9.59 Å². The number of carboxylic acids is 1. The molecule has 0 atom stereocenters. The van der Waals surface area contributed by atoms with Gasteiger partial charge in [0, 0.05) is 11.8 Å². The van der Waals surface area contributed by atoms with Crippen molar-refractivity contribution in [3.8, 4) is 11.4 Å². The summed E-state index contributed by atoms with van der Waals surface area (Å²) in [4.78, 5) is 22.5. The van der Waals surface area contributed by atoms with Crippen LogP contribution >= 0.6 is 0 Å². The largest absolute Gasteiger partial charge is 0.494 e. The average Bonchev–Trinajstić information content (AvgIpc) is 2.43. The zero-order chi connectivity index (χ0) is 15.4. The van der Waals surface area contributed by atoms with Gasteiger partial charge in [0.1, 0.15) is 11.4 Å². The van der Waals surface area contributed by atoms with E-state index in [1.165, 1.54) is 6.07 Å². The molecule has 0 amide bonds. The number of carboxylic acid groups (broad SMARTS) is 1. The summed E-state index contributed by atoms with van der Waals surface area (Å²) in [6.07, 6.45) is -0.393. The van der Waals surface area contributed by atoms with Crippen molar-refractivity contribution in [2.45, 2.75) is 20.3 Å². The van der Waals surface area contributed by atoms with Crippen LogP contribution in [0.25, 0.3) is 5.69 Å². The molecule has 0 aliphatic heterocycles. The summed E-state index contributed by atoms with van der Waals surface area (Å²) in [6, 6.07) is 8.60. The molecule has 2 aromatic rings. The molecule has 1 aromatic carbocycles. The minimum absolute atomic E-state index is 0.0157. The van der Waals surface area contributed by atoms with Crippen molar-refractivity contribution in [1.82, 2.24) is 9.78 Å². The highest BCUT2D eigenvalue weighted by molar-refractivity contribution is 5.69. The van der Waals surface area contributed by atoms with Crippen molar-refractivity contribution >= 4 is 5.97 Å². The van der Waals surface area contributed by atoms with Crippen molar-refractivity contribution in [2.24, 2.45) is 0 Å². The van der Waals surface area contributed by atoms with Gasteiger partial charge < -0.3 is 9.84 Å². The number of aryl methyl sites for hydroxylation is 1. The Morgan fingerprint density at radius 2 is 2.00 bits per heavy atom. The van der Waals surface area contributed by atoms with E-state index < -0.39 is 12.4 Å². The van der Waals surface area contributed by atoms with Crippen LogP contribution in [0.3, 0.4) is 0 Å². The van der Waals surface area contributed by atoms with Crippen LogP contribution < -0.4 is 10.2 Å². The molecule has 0 saturated heterocycles. The van der Waals surface area contributed by atoms with Gasteiger partial charge >= 0.3 is 5.97 Å². The number of nitrogens with zero attached hydrogens (tertiary/aromatic N) is 2. The topological polar surface area (TPSA) is 81.4 Å². The molecule has 0 saturated carbocycles. The quantitative estimate of drug-likeness (QED) is 0.903. The fraction of sp³-hybridized carbons (Fsp3) is 0.267. The van der Waals surface area contributed by atoms with E-state index in [-0.39, 0.29) is 11.1 Å². The summed E-state index contributed by atoms with van der Waals surface area (Å²) in [5.74, 6) is -0.340. The van der Waals surface area contributed by atoms with Gasteiger partial charge in [0.25, 0.3) is 0 Å². The number of aliphatic carboxylic acids is 1. The van der Waals surface area contributed by atoms with E-state index in [1.54, 1.807) is 35.9 Å². The molecule has 0 spiro atoms. The van der Waals surface area contributed by atoms with Crippen LogP contribution in [0.15, 0.2) is 35.1 Å². The standard InChI is InChI=1S/C15H16N2O4/c1-3-21-12-6-4-11(5-7-12)17-10(2)8-14(18)13(16-17)9-15(19)20/h4-8H,3,9H2,1-2H3,(H,19,20). The molecule has 1 N–H and O–H groups in total. The number of hydrogen-bond donors (Lipinski definition) is 1. The molecule has 0 radical (unpaired) electrons. The Kier molecular flexibility index (Phi) is 4.37. The minimum Gasteiger partial charge on any atom is -0.494 e. The van der Waals surface area contributed by atoms with E-state index in [2.05, 4.69) is 5.10 Å².